The van der Waals surface area contributed by atoms with E-state index in [0.717, 1.165) is 30.9 Å². The van der Waals surface area contributed by atoms with Crippen molar-refractivity contribution >= 4 is 16.5 Å². The van der Waals surface area contributed by atoms with E-state index in [2.05, 4.69) is 27.4 Å². The Morgan fingerprint density at radius 3 is 2.81 bits per heavy atom. The minimum Gasteiger partial charge on any atom is -0.395 e. The van der Waals surface area contributed by atoms with Crippen LogP contribution in [0, 0.1) is 0 Å². The number of hydrogen-bond acceptors (Lipinski definition) is 7. The van der Waals surface area contributed by atoms with Crippen LogP contribution in [0.15, 0.2) is 0 Å². The van der Waals surface area contributed by atoms with Gasteiger partial charge in [0.1, 0.15) is 5.01 Å². The van der Waals surface area contributed by atoms with Gasteiger partial charge in [-0.1, -0.05) is 24.7 Å². The number of aliphatic hydroxyl groups is 1. The van der Waals surface area contributed by atoms with E-state index in [9.17, 15) is 0 Å². The number of nitrogens with one attached hydrogen (secondary N) is 1. The lowest BCUT2D eigenvalue weighted by atomic mass is 10.3. The molecule has 92 valence electrons. The van der Waals surface area contributed by atoms with Crippen molar-refractivity contribution in [2.24, 2.45) is 5.84 Å². The zero-order valence-electron chi connectivity index (χ0n) is 9.52. The topological polar surface area (TPSA) is 87.3 Å². The highest BCUT2D eigenvalue weighted by Crippen LogP contribution is 2.15. The highest BCUT2D eigenvalue weighted by atomic mass is 32.1. The minimum atomic E-state index is 0.171. The van der Waals surface area contributed by atoms with Gasteiger partial charge >= 0.3 is 0 Å². The maximum absolute atomic E-state index is 8.96. The maximum Gasteiger partial charge on any atom is 0.219 e. The molecule has 1 aromatic heterocycles. The van der Waals surface area contributed by atoms with Gasteiger partial charge in [0.05, 0.1) is 13.2 Å². The van der Waals surface area contributed by atoms with Gasteiger partial charge in [0.25, 0.3) is 0 Å². The summed E-state index contributed by atoms with van der Waals surface area (Å²) in [5.41, 5.74) is 2.47. The largest absolute Gasteiger partial charge is 0.395 e. The molecule has 1 aromatic rings. The number of aliphatic hydroxyl groups excluding tert-OH is 1. The van der Waals surface area contributed by atoms with Crippen molar-refractivity contribution in [2.45, 2.75) is 26.3 Å². The summed E-state index contributed by atoms with van der Waals surface area (Å²) in [7, 11) is 0. The summed E-state index contributed by atoms with van der Waals surface area (Å²) in [6.07, 6.45) is 2.27. The molecule has 0 amide bonds. The van der Waals surface area contributed by atoms with E-state index in [-0.39, 0.29) is 6.61 Å². The highest BCUT2D eigenvalue weighted by molar-refractivity contribution is 7.15. The first-order valence-corrected chi connectivity index (χ1v) is 6.24. The molecule has 0 aromatic carbocycles. The number of hydrazine groups is 1. The number of hydrogen-bond donors (Lipinski definition) is 3. The molecule has 0 fully saturated rings. The van der Waals surface area contributed by atoms with Crippen LogP contribution in [0.1, 0.15) is 24.8 Å². The number of nitrogen functional groups attached to an aromatic ring is 1. The monoisotopic (exact) mass is 245 g/mol. The van der Waals surface area contributed by atoms with Gasteiger partial charge in [0.2, 0.25) is 5.13 Å². The quantitative estimate of drug-likeness (QED) is 0.454. The highest BCUT2D eigenvalue weighted by Gasteiger charge is 2.09. The average Bonchev–Trinajstić information content (AvgIpc) is 2.74. The predicted octanol–water partition coefficient (Wildman–Crippen LogP) is 0.418. The Morgan fingerprint density at radius 2 is 2.25 bits per heavy atom. The third kappa shape index (κ3) is 4.40. The van der Waals surface area contributed by atoms with Crippen molar-refractivity contribution in [3.05, 3.63) is 5.01 Å². The molecule has 7 heteroatoms. The van der Waals surface area contributed by atoms with Crippen LogP contribution in [0.25, 0.3) is 0 Å². The van der Waals surface area contributed by atoms with Crippen molar-refractivity contribution < 1.29 is 5.11 Å². The minimum absolute atomic E-state index is 0.171. The first-order valence-electron chi connectivity index (χ1n) is 5.42. The van der Waals surface area contributed by atoms with Gasteiger partial charge in [-0.05, 0) is 13.0 Å². The average molecular weight is 245 g/mol. The van der Waals surface area contributed by atoms with Crippen LogP contribution in [-0.2, 0) is 6.54 Å². The van der Waals surface area contributed by atoms with E-state index in [1.54, 1.807) is 0 Å². The molecule has 0 aliphatic heterocycles. The number of aromatic nitrogens is 2. The van der Waals surface area contributed by atoms with Crippen LogP contribution < -0.4 is 11.3 Å². The molecule has 0 spiro atoms. The molecule has 4 N–H and O–H groups in total. The van der Waals surface area contributed by atoms with Gasteiger partial charge in [-0.15, -0.1) is 10.2 Å². The summed E-state index contributed by atoms with van der Waals surface area (Å²) in [6.45, 7) is 4.69. The number of anilines is 1. The van der Waals surface area contributed by atoms with Gasteiger partial charge in [0, 0.05) is 6.54 Å². The molecular weight excluding hydrogens is 226 g/mol. The Labute approximate surface area is 99.4 Å². The second kappa shape index (κ2) is 7.50. The Kier molecular flexibility index (Phi) is 6.24. The first-order chi connectivity index (χ1) is 7.80. The van der Waals surface area contributed by atoms with Gasteiger partial charge in [-0.2, -0.15) is 0 Å². The van der Waals surface area contributed by atoms with Gasteiger partial charge in [0.15, 0.2) is 0 Å². The van der Waals surface area contributed by atoms with Crippen molar-refractivity contribution in [3.8, 4) is 0 Å². The summed E-state index contributed by atoms with van der Waals surface area (Å²) in [4.78, 5) is 2.17. The maximum atomic E-state index is 8.96. The molecule has 0 saturated carbocycles. The van der Waals surface area contributed by atoms with Crippen molar-refractivity contribution in [2.75, 3.05) is 25.1 Å². The SMILES string of the molecule is CCCCN(CCO)Cc1nnc(NN)s1. The summed E-state index contributed by atoms with van der Waals surface area (Å²) in [6, 6.07) is 0. The number of rotatable bonds is 8. The predicted molar refractivity (Wildman–Crippen MR) is 65.0 cm³/mol. The molecule has 0 radical (unpaired) electrons. The fourth-order valence-corrected chi connectivity index (χ4v) is 2.05. The van der Waals surface area contributed by atoms with Crippen LogP contribution in [-0.4, -0.2) is 39.9 Å². The van der Waals surface area contributed by atoms with E-state index in [0.29, 0.717) is 11.7 Å². The third-order valence-electron chi connectivity index (χ3n) is 2.19. The molecule has 1 rings (SSSR count). The normalized spacial score (nSPS) is 11.0. The molecule has 0 aliphatic carbocycles. The van der Waals surface area contributed by atoms with Crippen LogP contribution in [0.3, 0.4) is 0 Å². The number of nitrogens with two attached hydrogens (primary N) is 1. The van der Waals surface area contributed by atoms with Crippen LogP contribution in [0.5, 0.6) is 0 Å². The van der Waals surface area contributed by atoms with Gasteiger partial charge in [-0.25, -0.2) is 5.84 Å². The molecule has 6 nitrogen and oxygen atoms in total. The summed E-state index contributed by atoms with van der Waals surface area (Å²) >= 11 is 1.44. The molecule has 0 atom stereocenters. The van der Waals surface area contributed by atoms with Crippen molar-refractivity contribution in [1.82, 2.24) is 15.1 Å². The van der Waals surface area contributed by atoms with E-state index in [1.807, 2.05) is 0 Å². The Bertz CT molecular complexity index is 293. The lowest BCUT2D eigenvalue weighted by Crippen LogP contribution is -2.27. The standard InChI is InChI=1S/C9H19N5OS/c1-2-3-4-14(5-6-15)7-8-12-13-9(11-10)16-8/h15H,2-7,10H2,1H3,(H,11,13). The van der Waals surface area contributed by atoms with E-state index < -0.39 is 0 Å². The molecule has 0 unspecified atom stereocenters. The molecule has 16 heavy (non-hydrogen) atoms. The molecule has 0 bridgehead atoms. The van der Waals surface area contributed by atoms with Crippen LogP contribution in [0.4, 0.5) is 5.13 Å². The number of unbranched alkanes of at least 4 members (excludes halogenated alkanes) is 1. The summed E-state index contributed by atoms with van der Waals surface area (Å²) < 4.78 is 0. The fourth-order valence-electron chi connectivity index (χ4n) is 1.36. The Hall–Kier alpha value is -0.760. The van der Waals surface area contributed by atoms with Crippen LogP contribution in [0.2, 0.25) is 0 Å². The number of nitrogens with zero attached hydrogens (tertiary/aromatic N) is 3. The van der Waals surface area contributed by atoms with E-state index >= 15 is 0 Å². The Morgan fingerprint density at radius 1 is 1.44 bits per heavy atom. The smallest absolute Gasteiger partial charge is 0.219 e. The van der Waals surface area contributed by atoms with E-state index in [4.69, 9.17) is 10.9 Å². The van der Waals surface area contributed by atoms with Crippen molar-refractivity contribution in [3.63, 3.8) is 0 Å². The van der Waals surface area contributed by atoms with Crippen molar-refractivity contribution in [1.29, 1.82) is 0 Å². The Balaban J connectivity index is 2.46. The van der Waals surface area contributed by atoms with Crippen LogP contribution >= 0.6 is 11.3 Å². The first kappa shape index (κ1) is 13.3. The molecule has 0 saturated heterocycles. The van der Waals surface area contributed by atoms with E-state index in [1.165, 1.54) is 11.3 Å². The van der Waals surface area contributed by atoms with Gasteiger partial charge < -0.3 is 5.11 Å². The second-order valence-corrected chi connectivity index (χ2v) is 4.56. The summed E-state index contributed by atoms with van der Waals surface area (Å²) in [5, 5.41) is 18.4. The molecule has 1 heterocycles. The second-order valence-electron chi connectivity index (χ2n) is 3.50. The lowest BCUT2D eigenvalue weighted by molar-refractivity contribution is 0.188. The third-order valence-corrected chi connectivity index (χ3v) is 3.03. The zero-order valence-corrected chi connectivity index (χ0v) is 10.3. The lowest BCUT2D eigenvalue weighted by Gasteiger charge is -2.18. The zero-order chi connectivity index (χ0) is 11.8. The molecule has 0 aliphatic rings. The summed E-state index contributed by atoms with van der Waals surface area (Å²) in [5.74, 6) is 5.24. The van der Waals surface area contributed by atoms with Gasteiger partial charge in [-0.3, -0.25) is 10.3 Å². The molecular formula is C9H19N5OS. The fraction of sp³-hybridized carbons (Fsp3) is 0.778.